The van der Waals surface area contributed by atoms with Crippen molar-refractivity contribution in [2.45, 2.75) is 37.6 Å². The Hall–Kier alpha value is -1.18. The minimum atomic E-state index is -3.57. The van der Waals surface area contributed by atoms with Gasteiger partial charge in [-0.15, -0.1) is 0 Å². The third-order valence-corrected chi connectivity index (χ3v) is 4.92. The molecule has 0 bridgehead atoms. The number of nitrogens with one attached hydrogen (secondary N) is 1. The fraction of sp³-hybridized carbons (Fsp3) is 0.545. The van der Waals surface area contributed by atoms with Crippen LogP contribution < -0.4 is 11.3 Å². The standard InChI is InChI=1S/C11H20N4O2S/c1-4-5-9(2)15(3)18(16,17)11-8-13-7-6-10(11)14-12/h6-9H,4-5,12H2,1-3H3,(H,13,14). The molecule has 0 saturated heterocycles. The number of nitrogen functional groups attached to an aromatic ring is 1. The van der Waals surface area contributed by atoms with E-state index in [1.54, 1.807) is 7.05 Å². The second-order valence-electron chi connectivity index (χ2n) is 4.18. The van der Waals surface area contributed by atoms with E-state index in [2.05, 4.69) is 10.4 Å². The molecule has 0 aliphatic carbocycles. The van der Waals surface area contributed by atoms with Crippen LogP contribution in [-0.4, -0.2) is 30.8 Å². The molecular formula is C11H20N4O2S. The zero-order chi connectivity index (χ0) is 13.8. The van der Waals surface area contributed by atoms with Gasteiger partial charge in [0.05, 0.1) is 5.69 Å². The minimum absolute atomic E-state index is 0.0640. The molecule has 102 valence electrons. The van der Waals surface area contributed by atoms with Gasteiger partial charge in [-0.3, -0.25) is 10.8 Å². The van der Waals surface area contributed by atoms with Gasteiger partial charge in [-0.1, -0.05) is 13.3 Å². The predicted octanol–water partition coefficient (Wildman–Crippen LogP) is 1.18. The highest BCUT2D eigenvalue weighted by Crippen LogP contribution is 2.24. The van der Waals surface area contributed by atoms with Crippen molar-refractivity contribution in [1.29, 1.82) is 0 Å². The molecule has 0 aliphatic heterocycles. The van der Waals surface area contributed by atoms with E-state index in [1.807, 2.05) is 13.8 Å². The smallest absolute Gasteiger partial charge is 0.246 e. The van der Waals surface area contributed by atoms with Crippen molar-refractivity contribution in [3.05, 3.63) is 18.5 Å². The van der Waals surface area contributed by atoms with Gasteiger partial charge in [0.1, 0.15) is 4.90 Å². The molecule has 0 radical (unpaired) electrons. The van der Waals surface area contributed by atoms with Crippen LogP contribution in [0, 0.1) is 0 Å². The molecule has 0 spiro atoms. The van der Waals surface area contributed by atoms with Gasteiger partial charge in [-0.2, -0.15) is 4.31 Å². The number of aromatic nitrogens is 1. The Morgan fingerprint density at radius 2 is 2.22 bits per heavy atom. The fourth-order valence-electron chi connectivity index (χ4n) is 1.70. The highest BCUT2D eigenvalue weighted by molar-refractivity contribution is 7.89. The largest absolute Gasteiger partial charge is 0.323 e. The van der Waals surface area contributed by atoms with Crippen LogP contribution in [0.1, 0.15) is 26.7 Å². The first-order valence-electron chi connectivity index (χ1n) is 5.83. The Kier molecular flexibility index (Phi) is 5.06. The lowest BCUT2D eigenvalue weighted by Gasteiger charge is -2.24. The molecule has 7 heteroatoms. The highest BCUT2D eigenvalue weighted by Gasteiger charge is 2.27. The molecule has 1 unspecified atom stereocenters. The van der Waals surface area contributed by atoms with Gasteiger partial charge in [-0.05, 0) is 19.4 Å². The maximum atomic E-state index is 12.4. The van der Waals surface area contributed by atoms with Crippen molar-refractivity contribution in [3.8, 4) is 0 Å². The van der Waals surface area contributed by atoms with Crippen LogP contribution in [0.2, 0.25) is 0 Å². The lowest BCUT2D eigenvalue weighted by Crippen LogP contribution is -2.35. The zero-order valence-corrected chi connectivity index (χ0v) is 11.7. The summed E-state index contributed by atoms with van der Waals surface area (Å²) >= 11 is 0. The van der Waals surface area contributed by atoms with Crippen molar-refractivity contribution in [2.24, 2.45) is 5.84 Å². The number of hydrogen-bond donors (Lipinski definition) is 2. The van der Waals surface area contributed by atoms with Gasteiger partial charge in [0.15, 0.2) is 0 Å². The van der Waals surface area contributed by atoms with Crippen molar-refractivity contribution in [3.63, 3.8) is 0 Å². The quantitative estimate of drug-likeness (QED) is 0.599. The summed E-state index contributed by atoms with van der Waals surface area (Å²) in [6.45, 7) is 3.90. The molecule has 3 N–H and O–H groups in total. The number of sulfonamides is 1. The molecule has 1 atom stereocenters. The Labute approximate surface area is 108 Å². The number of anilines is 1. The van der Waals surface area contributed by atoms with Gasteiger partial charge < -0.3 is 5.43 Å². The van der Waals surface area contributed by atoms with Crippen LogP contribution in [0.4, 0.5) is 5.69 Å². The van der Waals surface area contributed by atoms with Gasteiger partial charge in [0, 0.05) is 25.5 Å². The number of hydrogen-bond acceptors (Lipinski definition) is 5. The van der Waals surface area contributed by atoms with Crippen LogP contribution in [0.3, 0.4) is 0 Å². The maximum Gasteiger partial charge on any atom is 0.246 e. The minimum Gasteiger partial charge on any atom is -0.323 e. The van der Waals surface area contributed by atoms with Gasteiger partial charge >= 0.3 is 0 Å². The normalized spacial score (nSPS) is 13.6. The van der Waals surface area contributed by atoms with E-state index in [1.165, 1.54) is 22.8 Å². The molecule has 0 amide bonds. The summed E-state index contributed by atoms with van der Waals surface area (Å²) in [7, 11) is -2.00. The summed E-state index contributed by atoms with van der Waals surface area (Å²) in [5.74, 6) is 5.32. The first-order valence-corrected chi connectivity index (χ1v) is 7.27. The molecule has 1 aromatic rings. The summed E-state index contributed by atoms with van der Waals surface area (Å²) < 4.78 is 26.2. The monoisotopic (exact) mass is 272 g/mol. The van der Waals surface area contributed by atoms with Crippen molar-refractivity contribution >= 4 is 15.7 Å². The molecule has 6 nitrogen and oxygen atoms in total. The van der Waals surface area contributed by atoms with Crippen LogP contribution in [0.15, 0.2) is 23.4 Å². The van der Waals surface area contributed by atoms with Crippen LogP contribution in [0.25, 0.3) is 0 Å². The van der Waals surface area contributed by atoms with E-state index in [0.717, 1.165) is 12.8 Å². The summed E-state index contributed by atoms with van der Waals surface area (Å²) in [6.07, 6.45) is 4.53. The second-order valence-corrected chi connectivity index (χ2v) is 6.14. The molecule has 1 rings (SSSR count). The first kappa shape index (κ1) is 14.9. The summed E-state index contributed by atoms with van der Waals surface area (Å²) in [6, 6.07) is 1.47. The molecule has 1 heterocycles. The molecule has 0 aliphatic rings. The number of rotatable bonds is 6. The van der Waals surface area contributed by atoms with E-state index in [0.29, 0.717) is 5.69 Å². The van der Waals surface area contributed by atoms with E-state index >= 15 is 0 Å². The number of nitrogens with two attached hydrogens (primary N) is 1. The lowest BCUT2D eigenvalue weighted by atomic mass is 10.2. The predicted molar refractivity (Wildman–Crippen MR) is 71.4 cm³/mol. The molecular weight excluding hydrogens is 252 g/mol. The highest BCUT2D eigenvalue weighted by atomic mass is 32.2. The molecule has 0 aromatic carbocycles. The van der Waals surface area contributed by atoms with Crippen molar-refractivity contribution < 1.29 is 8.42 Å². The number of nitrogens with zero attached hydrogens (tertiary/aromatic N) is 2. The number of hydrazine groups is 1. The average Bonchev–Trinajstić information content (AvgIpc) is 2.38. The van der Waals surface area contributed by atoms with Crippen molar-refractivity contribution in [2.75, 3.05) is 12.5 Å². The van der Waals surface area contributed by atoms with E-state index in [4.69, 9.17) is 5.84 Å². The average molecular weight is 272 g/mol. The topological polar surface area (TPSA) is 88.3 Å². The molecule has 0 fully saturated rings. The van der Waals surface area contributed by atoms with E-state index in [9.17, 15) is 8.42 Å². The maximum absolute atomic E-state index is 12.4. The zero-order valence-electron chi connectivity index (χ0n) is 10.9. The van der Waals surface area contributed by atoms with Gasteiger partial charge in [0.25, 0.3) is 0 Å². The SMILES string of the molecule is CCCC(C)N(C)S(=O)(=O)c1cnccc1NN. The third-order valence-electron chi connectivity index (χ3n) is 2.92. The van der Waals surface area contributed by atoms with Crippen LogP contribution in [0.5, 0.6) is 0 Å². The fourth-order valence-corrected chi connectivity index (χ4v) is 3.18. The summed E-state index contributed by atoms with van der Waals surface area (Å²) in [5, 5.41) is 0. The lowest BCUT2D eigenvalue weighted by molar-refractivity contribution is 0.369. The second kappa shape index (κ2) is 6.12. The molecule has 1 aromatic heterocycles. The Bertz CT molecular complexity index is 490. The third kappa shape index (κ3) is 2.98. The molecule has 0 saturated carbocycles. The van der Waals surface area contributed by atoms with E-state index < -0.39 is 10.0 Å². The van der Waals surface area contributed by atoms with Gasteiger partial charge in [-0.25, -0.2) is 8.42 Å². The van der Waals surface area contributed by atoms with E-state index in [-0.39, 0.29) is 10.9 Å². The van der Waals surface area contributed by atoms with Crippen LogP contribution >= 0.6 is 0 Å². The van der Waals surface area contributed by atoms with Crippen LogP contribution in [-0.2, 0) is 10.0 Å². The first-order chi connectivity index (χ1) is 8.45. The Morgan fingerprint density at radius 1 is 1.56 bits per heavy atom. The Morgan fingerprint density at radius 3 is 2.78 bits per heavy atom. The summed E-state index contributed by atoms with van der Waals surface area (Å²) in [5.41, 5.74) is 2.73. The van der Waals surface area contributed by atoms with Crippen molar-refractivity contribution in [1.82, 2.24) is 9.29 Å². The molecule has 18 heavy (non-hydrogen) atoms. The number of pyridine rings is 1. The summed E-state index contributed by atoms with van der Waals surface area (Å²) in [4.78, 5) is 3.94. The van der Waals surface area contributed by atoms with Gasteiger partial charge in [0.2, 0.25) is 10.0 Å². The Balaban J connectivity index is 3.13.